The van der Waals surface area contributed by atoms with Gasteiger partial charge in [-0.15, -0.1) is 0 Å². The fraction of sp³-hybridized carbons (Fsp3) is 0.286. The topological polar surface area (TPSA) is 34.9 Å². The molecular weight excluding hydrogens is 305 g/mol. The van der Waals surface area contributed by atoms with Gasteiger partial charge in [0.1, 0.15) is 11.0 Å². The largest absolute Gasteiger partial charge is 0.416 e. The molecule has 2 aromatic rings. The molecule has 0 saturated heterocycles. The van der Waals surface area contributed by atoms with Crippen LogP contribution in [0.2, 0.25) is 5.15 Å². The van der Waals surface area contributed by atoms with E-state index in [1.54, 1.807) is 0 Å². The van der Waals surface area contributed by atoms with Gasteiger partial charge in [0.15, 0.2) is 0 Å². The Morgan fingerprint density at radius 1 is 1.24 bits per heavy atom. The second kappa shape index (κ2) is 5.89. The van der Waals surface area contributed by atoms with Gasteiger partial charge in [-0.3, -0.25) is 9.36 Å². The number of aryl methyl sites for hydroxylation is 1. The molecule has 0 aliphatic heterocycles. The maximum Gasteiger partial charge on any atom is 0.416 e. The van der Waals surface area contributed by atoms with E-state index >= 15 is 0 Å². The summed E-state index contributed by atoms with van der Waals surface area (Å²) in [5.74, 6) is 0.493. The molecule has 7 heteroatoms. The number of aromatic nitrogens is 2. The van der Waals surface area contributed by atoms with Crippen LogP contribution in [0.3, 0.4) is 0 Å². The molecule has 0 aliphatic carbocycles. The Bertz CT molecular complexity index is 693. The molecule has 1 aromatic carbocycles. The molecule has 0 N–H and O–H groups in total. The van der Waals surface area contributed by atoms with Gasteiger partial charge in [-0.2, -0.15) is 13.2 Å². The highest BCUT2D eigenvalue weighted by Gasteiger charge is 2.29. The molecule has 0 bridgehead atoms. The average molecular weight is 317 g/mol. The maximum absolute atomic E-state index is 12.5. The first-order chi connectivity index (χ1) is 9.81. The van der Waals surface area contributed by atoms with Crippen molar-refractivity contribution >= 4 is 11.6 Å². The lowest BCUT2D eigenvalue weighted by molar-refractivity contribution is -0.137. The van der Waals surface area contributed by atoms with Crippen LogP contribution in [0.4, 0.5) is 13.2 Å². The lowest BCUT2D eigenvalue weighted by atomic mass is 10.1. The standard InChI is InChI=1S/C14H12ClF3N2O/c1-2-12-19-11(15)7-13(21)20(12)8-9-3-5-10(6-4-9)14(16,17)18/h3-7H,2,8H2,1H3. The van der Waals surface area contributed by atoms with Crippen LogP contribution in [-0.4, -0.2) is 9.55 Å². The van der Waals surface area contributed by atoms with Gasteiger partial charge in [0.05, 0.1) is 12.1 Å². The van der Waals surface area contributed by atoms with E-state index in [0.29, 0.717) is 17.8 Å². The van der Waals surface area contributed by atoms with E-state index in [0.717, 1.165) is 12.1 Å². The fourth-order valence-electron chi connectivity index (χ4n) is 1.94. The third-order valence-corrected chi connectivity index (χ3v) is 3.19. The Morgan fingerprint density at radius 2 is 1.86 bits per heavy atom. The van der Waals surface area contributed by atoms with E-state index in [1.165, 1.54) is 22.8 Å². The number of hydrogen-bond donors (Lipinski definition) is 0. The van der Waals surface area contributed by atoms with Gasteiger partial charge in [-0.1, -0.05) is 30.7 Å². The minimum Gasteiger partial charge on any atom is -0.292 e. The Labute approximate surface area is 124 Å². The highest BCUT2D eigenvalue weighted by molar-refractivity contribution is 6.29. The SMILES string of the molecule is CCc1nc(Cl)cc(=O)n1Cc1ccc(C(F)(F)F)cc1. The normalized spacial score (nSPS) is 11.7. The van der Waals surface area contributed by atoms with Gasteiger partial charge in [0, 0.05) is 12.5 Å². The summed E-state index contributed by atoms with van der Waals surface area (Å²) in [7, 11) is 0. The second-order valence-corrected chi connectivity index (χ2v) is 4.85. The molecule has 1 aromatic heterocycles. The smallest absolute Gasteiger partial charge is 0.292 e. The van der Waals surface area contributed by atoms with E-state index in [-0.39, 0.29) is 17.3 Å². The second-order valence-electron chi connectivity index (χ2n) is 4.47. The third-order valence-electron chi connectivity index (χ3n) is 2.99. The van der Waals surface area contributed by atoms with Gasteiger partial charge in [-0.05, 0) is 17.7 Å². The molecule has 0 unspecified atom stereocenters. The summed E-state index contributed by atoms with van der Waals surface area (Å²) in [5, 5.41) is 0.112. The first-order valence-corrected chi connectivity index (χ1v) is 6.61. The van der Waals surface area contributed by atoms with Crippen molar-refractivity contribution in [1.82, 2.24) is 9.55 Å². The predicted octanol–water partition coefficient (Wildman–Crippen LogP) is 3.53. The molecule has 112 valence electrons. The summed E-state index contributed by atoms with van der Waals surface area (Å²) in [6, 6.07) is 5.88. The summed E-state index contributed by atoms with van der Waals surface area (Å²) in [5.41, 5.74) is -0.459. The summed E-state index contributed by atoms with van der Waals surface area (Å²) >= 11 is 5.73. The molecule has 0 fully saturated rings. The number of rotatable bonds is 3. The Balaban J connectivity index is 2.33. The quantitative estimate of drug-likeness (QED) is 0.812. The fourth-order valence-corrected chi connectivity index (χ4v) is 2.13. The van der Waals surface area contributed by atoms with Crippen molar-refractivity contribution in [2.75, 3.05) is 0 Å². The predicted molar refractivity (Wildman–Crippen MR) is 73.4 cm³/mol. The Kier molecular flexibility index (Phi) is 4.37. The summed E-state index contributed by atoms with van der Waals surface area (Å²) < 4.78 is 38.9. The highest BCUT2D eigenvalue weighted by atomic mass is 35.5. The zero-order valence-corrected chi connectivity index (χ0v) is 11.9. The van der Waals surface area contributed by atoms with Gasteiger partial charge < -0.3 is 0 Å². The van der Waals surface area contributed by atoms with Crippen LogP contribution < -0.4 is 5.56 Å². The lowest BCUT2D eigenvalue weighted by Gasteiger charge is -2.12. The number of nitrogens with zero attached hydrogens (tertiary/aromatic N) is 2. The highest BCUT2D eigenvalue weighted by Crippen LogP contribution is 2.29. The Morgan fingerprint density at radius 3 is 2.38 bits per heavy atom. The van der Waals surface area contributed by atoms with E-state index in [1.807, 2.05) is 6.92 Å². The van der Waals surface area contributed by atoms with Crippen molar-refractivity contribution in [3.05, 3.63) is 62.8 Å². The molecule has 0 saturated carbocycles. The van der Waals surface area contributed by atoms with Crippen LogP contribution in [-0.2, 0) is 19.1 Å². The van der Waals surface area contributed by atoms with E-state index in [2.05, 4.69) is 4.98 Å². The zero-order valence-electron chi connectivity index (χ0n) is 11.1. The van der Waals surface area contributed by atoms with Crippen LogP contribution in [0.5, 0.6) is 0 Å². The van der Waals surface area contributed by atoms with Crippen molar-refractivity contribution in [2.24, 2.45) is 0 Å². The van der Waals surface area contributed by atoms with Crippen LogP contribution in [0.15, 0.2) is 35.1 Å². The van der Waals surface area contributed by atoms with Gasteiger partial charge in [0.2, 0.25) is 0 Å². The zero-order chi connectivity index (χ0) is 15.6. The number of benzene rings is 1. The van der Waals surface area contributed by atoms with Gasteiger partial charge in [-0.25, -0.2) is 4.98 Å². The average Bonchev–Trinajstić information content (AvgIpc) is 2.41. The van der Waals surface area contributed by atoms with Crippen molar-refractivity contribution in [3.63, 3.8) is 0 Å². The van der Waals surface area contributed by atoms with E-state index in [4.69, 9.17) is 11.6 Å². The van der Waals surface area contributed by atoms with E-state index < -0.39 is 11.7 Å². The molecule has 3 nitrogen and oxygen atoms in total. The minimum absolute atomic E-state index is 0.112. The van der Waals surface area contributed by atoms with Crippen molar-refractivity contribution in [1.29, 1.82) is 0 Å². The van der Waals surface area contributed by atoms with Crippen LogP contribution in [0, 0.1) is 0 Å². The maximum atomic E-state index is 12.5. The molecule has 0 atom stereocenters. The Hall–Kier alpha value is -1.82. The summed E-state index contributed by atoms with van der Waals surface area (Å²) in [6.07, 6.45) is -3.87. The molecular formula is C14H12ClF3N2O. The van der Waals surface area contributed by atoms with Crippen molar-refractivity contribution in [2.45, 2.75) is 26.1 Å². The monoisotopic (exact) mass is 316 g/mol. The van der Waals surface area contributed by atoms with Gasteiger partial charge >= 0.3 is 6.18 Å². The lowest BCUT2D eigenvalue weighted by Crippen LogP contribution is -2.24. The third kappa shape index (κ3) is 3.64. The van der Waals surface area contributed by atoms with Crippen molar-refractivity contribution in [3.8, 4) is 0 Å². The molecule has 21 heavy (non-hydrogen) atoms. The van der Waals surface area contributed by atoms with Crippen LogP contribution in [0.25, 0.3) is 0 Å². The first-order valence-electron chi connectivity index (χ1n) is 6.23. The molecule has 0 amide bonds. The molecule has 0 spiro atoms. The molecule has 0 radical (unpaired) electrons. The minimum atomic E-state index is -4.37. The van der Waals surface area contributed by atoms with E-state index in [9.17, 15) is 18.0 Å². The summed E-state index contributed by atoms with van der Waals surface area (Å²) in [6.45, 7) is 1.98. The summed E-state index contributed by atoms with van der Waals surface area (Å²) in [4.78, 5) is 16.0. The van der Waals surface area contributed by atoms with Gasteiger partial charge in [0.25, 0.3) is 5.56 Å². The number of hydrogen-bond acceptors (Lipinski definition) is 2. The van der Waals surface area contributed by atoms with Crippen LogP contribution in [0.1, 0.15) is 23.9 Å². The van der Waals surface area contributed by atoms with Crippen molar-refractivity contribution < 1.29 is 13.2 Å². The number of halogens is 4. The molecule has 2 rings (SSSR count). The number of alkyl halides is 3. The first kappa shape index (κ1) is 15.6. The molecule has 1 heterocycles. The van der Waals surface area contributed by atoms with Crippen LogP contribution >= 0.6 is 11.6 Å². The molecule has 0 aliphatic rings.